The van der Waals surface area contributed by atoms with E-state index in [-0.39, 0.29) is 12.1 Å². The first-order chi connectivity index (χ1) is 14.1. The Morgan fingerprint density at radius 3 is 2.24 bits per heavy atom. The molecule has 29 heavy (non-hydrogen) atoms. The second-order valence-corrected chi connectivity index (χ2v) is 7.39. The fraction of sp³-hybridized carbons (Fsp3) is 0.409. The summed E-state index contributed by atoms with van der Waals surface area (Å²) in [6.07, 6.45) is 4.09. The van der Waals surface area contributed by atoms with Gasteiger partial charge in [0, 0.05) is 23.7 Å². The highest BCUT2D eigenvalue weighted by atomic mass is 35.5. The molecule has 0 bridgehead atoms. The van der Waals surface area contributed by atoms with Crippen molar-refractivity contribution >= 4 is 23.3 Å². The number of anilines is 1. The predicted octanol–water partition coefficient (Wildman–Crippen LogP) is 5.52. The van der Waals surface area contributed by atoms with E-state index in [1.54, 1.807) is 33.5 Å². The summed E-state index contributed by atoms with van der Waals surface area (Å²) >= 11 is 6.04. The van der Waals surface area contributed by atoms with Crippen LogP contribution in [0.1, 0.15) is 37.3 Å². The summed E-state index contributed by atoms with van der Waals surface area (Å²) in [5.41, 5.74) is 1.68. The van der Waals surface area contributed by atoms with Crippen LogP contribution in [-0.2, 0) is 0 Å². The normalized spacial score (nSPS) is 16.7. The molecule has 1 N–H and O–H groups in total. The van der Waals surface area contributed by atoms with Crippen LogP contribution in [0, 0.1) is 0 Å². The van der Waals surface area contributed by atoms with Crippen molar-refractivity contribution in [1.29, 1.82) is 0 Å². The number of rotatable bonds is 5. The molecule has 2 aromatic carbocycles. The van der Waals surface area contributed by atoms with Crippen LogP contribution in [0.25, 0.3) is 0 Å². The molecule has 1 aliphatic heterocycles. The number of nitrogens with zero attached hydrogens (tertiary/aromatic N) is 1. The van der Waals surface area contributed by atoms with Crippen molar-refractivity contribution in [3.05, 3.63) is 47.0 Å². The Balaban J connectivity index is 1.86. The smallest absolute Gasteiger partial charge is 0.322 e. The molecule has 0 saturated carbocycles. The zero-order chi connectivity index (χ0) is 20.8. The van der Waals surface area contributed by atoms with Gasteiger partial charge in [0.2, 0.25) is 5.75 Å². The second kappa shape index (κ2) is 9.74. The Kier molecular flexibility index (Phi) is 7.09. The number of hydrogen-bond donors (Lipinski definition) is 1. The summed E-state index contributed by atoms with van der Waals surface area (Å²) in [5.74, 6) is 1.47. The summed E-state index contributed by atoms with van der Waals surface area (Å²) < 4.78 is 16.1. The number of carbonyl (C=O) groups excluding carboxylic acids is 1. The Labute approximate surface area is 176 Å². The second-order valence-electron chi connectivity index (χ2n) is 6.95. The molecular weight excluding hydrogens is 392 g/mol. The minimum absolute atomic E-state index is 0.0109. The van der Waals surface area contributed by atoms with E-state index in [1.807, 2.05) is 29.2 Å². The lowest BCUT2D eigenvalue weighted by molar-refractivity contribution is 0.189. The molecule has 156 valence electrons. The summed E-state index contributed by atoms with van der Waals surface area (Å²) in [5, 5.41) is 3.69. The number of benzene rings is 2. The van der Waals surface area contributed by atoms with E-state index in [4.69, 9.17) is 25.8 Å². The molecule has 0 spiro atoms. The summed E-state index contributed by atoms with van der Waals surface area (Å²) in [4.78, 5) is 15.1. The van der Waals surface area contributed by atoms with Gasteiger partial charge in [-0.25, -0.2) is 4.79 Å². The van der Waals surface area contributed by atoms with Gasteiger partial charge in [-0.2, -0.15) is 0 Å². The molecule has 1 saturated heterocycles. The molecule has 2 aromatic rings. The van der Waals surface area contributed by atoms with Crippen LogP contribution in [0.5, 0.6) is 17.2 Å². The van der Waals surface area contributed by atoms with E-state index in [2.05, 4.69) is 5.32 Å². The molecule has 2 amide bonds. The van der Waals surface area contributed by atoms with Crippen LogP contribution < -0.4 is 19.5 Å². The van der Waals surface area contributed by atoms with Gasteiger partial charge in [-0.05, 0) is 30.5 Å². The lowest BCUT2D eigenvalue weighted by Gasteiger charge is -2.30. The van der Waals surface area contributed by atoms with Gasteiger partial charge in [0.15, 0.2) is 11.5 Å². The third-order valence-electron chi connectivity index (χ3n) is 5.18. The minimum Gasteiger partial charge on any atom is -0.493 e. The van der Waals surface area contributed by atoms with Crippen molar-refractivity contribution in [3.8, 4) is 17.2 Å². The topological polar surface area (TPSA) is 60.0 Å². The maximum Gasteiger partial charge on any atom is 0.322 e. The average Bonchev–Trinajstić information content (AvgIpc) is 2.99. The van der Waals surface area contributed by atoms with Crippen LogP contribution in [0.3, 0.4) is 0 Å². The molecule has 0 aliphatic carbocycles. The maximum absolute atomic E-state index is 13.2. The SMILES string of the molecule is COc1cc(NC(=O)N2CCCCCC2c2ccc(Cl)cc2)cc(OC)c1OC. The van der Waals surface area contributed by atoms with Crippen LogP contribution >= 0.6 is 11.6 Å². The van der Waals surface area contributed by atoms with Crippen LogP contribution in [-0.4, -0.2) is 38.8 Å². The fourth-order valence-corrected chi connectivity index (χ4v) is 3.86. The highest BCUT2D eigenvalue weighted by molar-refractivity contribution is 6.30. The van der Waals surface area contributed by atoms with Gasteiger partial charge in [-0.15, -0.1) is 0 Å². The molecule has 0 radical (unpaired) electrons. The number of carbonyl (C=O) groups is 1. The standard InChI is InChI=1S/C22H27ClN2O4/c1-27-19-13-17(14-20(28-2)21(19)29-3)24-22(26)25-12-6-4-5-7-18(25)15-8-10-16(23)11-9-15/h8-11,13-14,18H,4-7,12H2,1-3H3,(H,24,26). The largest absolute Gasteiger partial charge is 0.493 e. The van der Waals surface area contributed by atoms with Crippen molar-refractivity contribution in [2.45, 2.75) is 31.7 Å². The van der Waals surface area contributed by atoms with Gasteiger partial charge in [0.25, 0.3) is 0 Å². The minimum atomic E-state index is -0.152. The van der Waals surface area contributed by atoms with Gasteiger partial charge >= 0.3 is 6.03 Å². The fourth-order valence-electron chi connectivity index (χ4n) is 3.73. The number of nitrogens with one attached hydrogen (secondary N) is 1. The number of ether oxygens (including phenoxy) is 3. The number of amides is 2. The number of likely N-dealkylation sites (tertiary alicyclic amines) is 1. The highest BCUT2D eigenvalue weighted by Gasteiger charge is 2.27. The number of urea groups is 1. The van der Waals surface area contributed by atoms with Gasteiger partial charge in [0.05, 0.1) is 33.1 Å². The van der Waals surface area contributed by atoms with E-state index >= 15 is 0 Å². The highest BCUT2D eigenvalue weighted by Crippen LogP contribution is 2.40. The maximum atomic E-state index is 13.2. The third-order valence-corrected chi connectivity index (χ3v) is 5.44. The van der Waals surface area contributed by atoms with Crippen LogP contribution in [0.4, 0.5) is 10.5 Å². The molecular formula is C22H27ClN2O4. The first-order valence-corrected chi connectivity index (χ1v) is 10.1. The zero-order valence-corrected chi connectivity index (χ0v) is 17.8. The van der Waals surface area contributed by atoms with E-state index < -0.39 is 0 Å². The molecule has 7 heteroatoms. The zero-order valence-electron chi connectivity index (χ0n) is 17.0. The van der Waals surface area contributed by atoms with E-state index in [9.17, 15) is 4.79 Å². The molecule has 1 fully saturated rings. The van der Waals surface area contributed by atoms with Gasteiger partial charge in [0.1, 0.15) is 0 Å². The average molecular weight is 419 g/mol. The van der Waals surface area contributed by atoms with Crippen LogP contribution in [0.15, 0.2) is 36.4 Å². The summed E-state index contributed by atoms with van der Waals surface area (Å²) in [6, 6.07) is 11.1. The monoisotopic (exact) mass is 418 g/mol. The number of hydrogen-bond acceptors (Lipinski definition) is 4. The molecule has 6 nitrogen and oxygen atoms in total. The Bertz CT molecular complexity index is 816. The van der Waals surface area contributed by atoms with E-state index in [0.29, 0.717) is 34.5 Å². The Morgan fingerprint density at radius 2 is 1.66 bits per heavy atom. The van der Waals surface area contributed by atoms with Gasteiger partial charge in [-0.1, -0.05) is 36.6 Å². The van der Waals surface area contributed by atoms with Crippen molar-refractivity contribution in [2.24, 2.45) is 0 Å². The molecule has 1 unspecified atom stereocenters. The predicted molar refractivity (Wildman–Crippen MR) is 114 cm³/mol. The lowest BCUT2D eigenvalue weighted by atomic mass is 10.0. The quantitative estimate of drug-likeness (QED) is 0.694. The summed E-state index contributed by atoms with van der Waals surface area (Å²) in [6.45, 7) is 0.698. The number of methoxy groups -OCH3 is 3. The lowest BCUT2D eigenvalue weighted by Crippen LogP contribution is -2.38. The Hall–Kier alpha value is -2.60. The molecule has 1 heterocycles. The first kappa shape index (κ1) is 21.1. The Morgan fingerprint density at radius 1 is 1.00 bits per heavy atom. The van der Waals surface area contributed by atoms with Crippen molar-refractivity contribution < 1.29 is 19.0 Å². The first-order valence-electron chi connectivity index (χ1n) is 9.70. The van der Waals surface area contributed by atoms with E-state index in [0.717, 1.165) is 31.2 Å². The van der Waals surface area contributed by atoms with Crippen molar-refractivity contribution in [2.75, 3.05) is 33.2 Å². The molecule has 1 atom stereocenters. The molecule has 3 rings (SSSR count). The van der Waals surface area contributed by atoms with Crippen molar-refractivity contribution in [1.82, 2.24) is 4.90 Å². The van der Waals surface area contributed by atoms with E-state index in [1.165, 1.54) is 0 Å². The number of halogens is 1. The molecule has 1 aliphatic rings. The van der Waals surface area contributed by atoms with Gasteiger partial charge in [-0.3, -0.25) is 0 Å². The summed E-state index contributed by atoms with van der Waals surface area (Å²) in [7, 11) is 4.65. The van der Waals surface area contributed by atoms with Crippen molar-refractivity contribution in [3.63, 3.8) is 0 Å². The van der Waals surface area contributed by atoms with Gasteiger partial charge < -0.3 is 24.4 Å². The molecule has 0 aromatic heterocycles. The van der Waals surface area contributed by atoms with Crippen LogP contribution in [0.2, 0.25) is 5.02 Å². The third kappa shape index (κ3) is 4.88.